The highest BCUT2D eigenvalue weighted by molar-refractivity contribution is 6.35. The number of piperidine rings is 1. The molecule has 0 aliphatic carbocycles. The fraction of sp³-hybridized carbons (Fsp3) is 0.474. The summed E-state index contributed by atoms with van der Waals surface area (Å²) in [6, 6.07) is 12.1. The maximum atomic E-state index is 6.24. The van der Waals surface area contributed by atoms with Crippen molar-refractivity contribution in [1.29, 1.82) is 0 Å². The van der Waals surface area contributed by atoms with Crippen LogP contribution in [0.25, 0.3) is 10.8 Å². The average molecular weight is 319 g/mol. The van der Waals surface area contributed by atoms with Gasteiger partial charge in [-0.05, 0) is 44.2 Å². The first-order chi connectivity index (χ1) is 10.8. The quantitative estimate of drug-likeness (QED) is 0.801. The van der Waals surface area contributed by atoms with Crippen molar-refractivity contribution >= 4 is 22.4 Å². The summed E-state index contributed by atoms with van der Waals surface area (Å²) in [5, 5.41) is 2.97. The first kappa shape index (κ1) is 15.6. The van der Waals surface area contributed by atoms with E-state index in [1.807, 2.05) is 30.3 Å². The summed E-state index contributed by atoms with van der Waals surface area (Å²) in [5.74, 6) is 0.949. The van der Waals surface area contributed by atoms with Gasteiger partial charge < -0.3 is 9.64 Å². The number of rotatable bonds is 6. The molecule has 2 nitrogen and oxygen atoms in total. The molecule has 1 aliphatic heterocycles. The Labute approximate surface area is 138 Å². The number of hydrogen-bond donors (Lipinski definition) is 1. The number of hydrogen-bond acceptors (Lipinski definition) is 1. The molecule has 118 valence electrons. The molecule has 0 spiro atoms. The Kier molecular flexibility index (Phi) is 5.58. The maximum Gasteiger partial charge on any atom is 0.127 e. The van der Waals surface area contributed by atoms with Gasteiger partial charge in [-0.1, -0.05) is 35.9 Å². The third-order valence-electron chi connectivity index (χ3n) is 4.57. The summed E-state index contributed by atoms with van der Waals surface area (Å²) in [7, 11) is 0. The molecule has 1 heterocycles. The molecule has 1 aliphatic rings. The van der Waals surface area contributed by atoms with Crippen molar-refractivity contribution in [3.05, 3.63) is 41.4 Å². The maximum absolute atomic E-state index is 6.24. The van der Waals surface area contributed by atoms with Crippen LogP contribution in [0.1, 0.15) is 32.1 Å². The molecule has 2 aromatic carbocycles. The molecule has 0 atom stereocenters. The van der Waals surface area contributed by atoms with Gasteiger partial charge in [-0.25, -0.2) is 0 Å². The Morgan fingerprint density at radius 2 is 1.68 bits per heavy atom. The van der Waals surface area contributed by atoms with Gasteiger partial charge >= 0.3 is 0 Å². The molecule has 22 heavy (non-hydrogen) atoms. The Balaban J connectivity index is 1.48. The normalized spacial score (nSPS) is 16.0. The van der Waals surface area contributed by atoms with Gasteiger partial charge in [0, 0.05) is 15.8 Å². The predicted molar refractivity (Wildman–Crippen MR) is 93.1 cm³/mol. The molecule has 0 bridgehead atoms. The summed E-state index contributed by atoms with van der Waals surface area (Å²) in [4.78, 5) is 1.78. The Hall–Kier alpha value is -1.25. The van der Waals surface area contributed by atoms with E-state index in [-0.39, 0.29) is 0 Å². The fourth-order valence-corrected chi connectivity index (χ4v) is 3.55. The zero-order chi connectivity index (χ0) is 15.2. The van der Waals surface area contributed by atoms with E-state index in [4.69, 9.17) is 16.3 Å². The molecule has 0 unspecified atom stereocenters. The van der Waals surface area contributed by atoms with Gasteiger partial charge in [-0.2, -0.15) is 0 Å². The number of unbranched alkanes of at least 4 members (excludes halogenated alkanes) is 1. The molecule has 3 rings (SSSR count). The summed E-state index contributed by atoms with van der Waals surface area (Å²) in [6.45, 7) is 4.81. The van der Waals surface area contributed by atoms with E-state index >= 15 is 0 Å². The molecule has 1 fully saturated rings. The highest BCUT2D eigenvalue weighted by Crippen LogP contribution is 2.31. The van der Waals surface area contributed by atoms with Crippen LogP contribution in [0.3, 0.4) is 0 Å². The van der Waals surface area contributed by atoms with Gasteiger partial charge in [-0.15, -0.1) is 0 Å². The lowest BCUT2D eigenvalue weighted by Crippen LogP contribution is -3.12. The van der Waals surface area contributed by atoms with Crippen molar-refractivity contribution in [3.63, 3.8) is 0 Å². The fourth-order valence-electron chi connectivity index (χ4n) is 3.32. The van der Waals surface area contributed by atoms with Crippen LogP contribution in [-0.4, -0.2) is 26.2 Å². The minimum Gasteiger partial charge on any atom is -0.493 e. The van der Waals surface area contributed by atoms with Crippen LogP contribution >= 0.6 is 11.6 Å². The minimum atomic E-state index is 0.789. The number of fused-ring (bicyclic) bond motifs is 1. The number of halogens is 1. The second-order valence-electron chi connectivity index (χ2n) is 6.21. The van der Waals surface area contributed by atoms with Gasteiger partial charge in [0.15, 0.2) is 0 Å². The Morgan fingerprint density at radius 3 is 2.50 bits per heavy atom. The van der Waals surface area contributed by atoms with E-state index in [0.29, 0.717) is 0 Å². The highest BCUT2D eigenvalue weighted by Gasteiger charge is 2.12. The van der Waals surface area contributed by atoms with E-state index < -0.39 is 0 Å². The predicted octanol–water partition coefficient (Wildman–Crippen LogP) is 3.72. The van der Waals surface area contributed by atoms with Crippen molar-refractivity contribution in [2.24, 2.45) is 0 Å². The zero-order valence-corrected chi connectivity index (χ0v) is 13.9. The summed E-state index contributed by atoms with van der Waals surface area (Å²) < 4.78 is 6.00. The van der Waals surface area contributed by atoms with Crippen LogP contribution < -0.4 is 9.64 Å². The van der Waals surface area contributed by atoms with Crippen molar-refractivity contribution in [1.82, 2.24) is 0 Å². The molecule has 3 heteroatoms. The van der Waals surface area contributed by atoms with Crippen LogP contribution in [0.4, 0.5) is 0 Å². The van der Waals surface area contributed by atoms with Crippen LogP contribution in [-0.2, 0) is 0 Å². The lowest BCUT2D eigenvalue weighted by Gasteiger charge is -2.23. The standard InChI is InChI=1S/C19H24ClNO/c20-18-10-11-19(17-9-3-2-8-16(17)18)22-15-7-6-14-21-12-4-1-5-13-21/h2-3,8-11H,1,4-7,12-15H2/p+1. The van der Waals surface area contributed by atoms with E-state index in [0.717, 1.165) is 34.6 Å². The molecule has 1 N–H and O–H groups in total. The second-order valence-corrected chi connectivity index (χ2v) is 6.61. The molecule has 0 saturated carbocycles. The molecule has 2 aromatic rings. The first-order valence-corrected chi connectivity index (χ1v) is 8.86. The molecule has 0 radical (unpaired) electrons. The average Bonchev–Trinajstić information content (AvgIpc) is 2.58. The van der Waals surface area contributed by atoms with E-state index in [1.54, 1.807) is 4.90 Å². The van der Waals surface area contributed by atoms with E-state index in [2.05, 4.69) is 6.07 Å². The van der Waals surface area contributed by atoms with Crippen LogP contribution in [0.2, 0.25) is 5.02 Å². The number of likely N-dealkylation sites (tertiary alicyclic amines) is 1. The Bertz CT molecular complexity index is 607. The van der Waals surface area contributed by atoms with E-state index in [1.165, 1.54) is 45.3 Å². The third kappa shape index (κ3) is 3.93. The summed E-state index contributed by atoms with van der Waals surface area (Å²) >= 11 is 6.24. The summed E-state index contributed by atoms with van der Waals surface area (Å²) in [5.41, 5.74) is 0. The number of quaternary nitrogens is 1. The van der Waals surface area contributed by atoms with Crippen LogP contribution in [0.15, 0.2) is 36.4 Å². The third-order valence-corrected chi connectivity index (χ3v) is 4.90. The highest BCUT2D eigenvalue weighted by atomic mass is 35.5. The monoisotopic (exact) mass is 318 g/mol. The lowest BCUT2D eigenvalue weighted by molar-refractivity contribution is -0.905. The van der Waals surface area contributed by atoms with Crippen molar-refractivity contribution in [2.75, 3.05) is 26.2 Å². The number of benzene rings is 2. The number of ether oxygens (including phenoxy) is 1. The largest absolute Gasteiger partial charge is 0.493 e. The Morgan fingerprint density at radius 1 is 0.909 bits per heavy atom. The van der Waals surface area contributed by atoms with Crippen LogP contribution in [0, 0.1) is 0 Å². The van der Waals surface area contributed by atoms with Gasteiger partial charge in [0.05, 0.1) is 26.2 Å². The molecular formula is C19H25ClNO+. The molecule has 0 amide bonds. The minimum absolute atomic E-state index is 0.789. The second kappa shape index (κ2) is 7.85. The van der Waals surface area contributed by atoms with E-state index in [9.17, 15) is 0 Å². The SMILES string of the molecule is Clc1ccc(OCCCC[NH+]2CCCCC2)c2ccccc12. The lowest BCUT2D eigenvalue weighted by atomic mass is 10.1. The van der Waals surface area contributed by atoms with Gasteiger partial charge in [0.1, 0.15) is 5.75 Å². The van der Waals surface area contributed by atoms with Crippen molar-refractivity contribution < 1.29 is 9.64 Å². The van der Waals surface area contributed by atoms with Crippen molar-refractivity contribution in [2.45, 2.75) is 32.1 Å². The topological polar surface area (TPSA) is 13.7 Å². The number of nitrogens with one attached hydrogen (secondary N) is 1. The molecular weight excluding hydrogens is 294 g/mol. The first-order valence-electron chi connectivity index (χ1n) is 8.48. The van der Waals surface area contributed by atoms with Crippen LogP contribution in [0.5, 0.6) is 5.75 Å². The summed E-state index contributed by atoms with van der Waals surface area (Å²) in [6.07, 6.45) is 6.61. The van der Waals surface area contributed by atoms with Gasteiger partial charge in [0.25, 0.3) is 0 Å². The van der Waals surface area contributed by atoms with Crippen molar-refractivity contribution in [3.8, 4) is 5.75 Å². The molecule has 0 aromatic heterocycles. The molecule has 1 saturated heterocycles. The zero-order valence-electron chi connectivity index (χ0n) is 13.1. The van der Waals surface area contributed by atoms with Gasteiger partial charge in [0.2, 0.25) is 0 Å². The van der Waals surface area contributed by atoms with Gasteiger partial charge in [-0.3, -0.25) is 0 Å². The smallest absolute Gasteiger partial charge is 0.127 e.